The van der Waals surface area contributed by atoms with Crippen molar-refractivity contribution < 1.29 is 28.9 Å². The van der Waals surface area contributed by atoms with Gasteiger partial charge in [-0.05, 0) is 61.4 Å². The molecule has 0 heterocycles. The van der Waals surface area contributed by atoms with Gasteiger partial charge >= 0.3 is 11.9 Å². The lowest BCUT2D eigenvalue weighted by Crippen LogP contribution is -2.41. The second-order valence-corrected chi connectivity index (χ2v) is 6.81. The topological polar surface area (TPSA) is 163 Å². The van der Waals surface area contributed by atoms with E-state index in [1.165, 1.54) is 24.3 Å². The normalized spacial score (nSPS) is 17.2. The van der Waals surface area contributed by atoms with E-state index in [-0.39, 0.29) is 24.0 Å². The van der Waals surface area contributed by atoms with Crippen molar-refractivity contribution in [3.05, 3.63) is 59.7 Å². The molecule has 2 aromatic carbocycles. The van der Waals surface area contributed by atoms with Gasteiger partial charge in [-0.2, -0.15) is 11.0 Å². The zero-order valence-corrected chi connectivity index (χ0v) is 15.8. The quantitative estimate of drug-likeness (QED) is 0.426. The maximum absolute atomic E-state index is 12.0. The standard InChI is InChI=1S/C20H20N4O6/c21-15-5-1-11(2-6-15)17(25)23-29-19(27)13-9-14(10-13)20(28)30-24-18(26)12-3-7-16(22)8-4-12/h1-8,13-14H,9-10,21-22H2,(H,23,25)(H,24,26). The molecule has 0 saturated heterocycles. The Bertz CT molecular complexity index is 875. The Hall–Kier alpha value is -4.08. The minimum Gasteiger partial charge on any atom is -0.399 e. The van der Waals surface area contributed by atoms with Crippen molar-refractivity contribution in [2.75, 3.05) is 11.5 Å². The molecule has 2 amide bonds. The lowest BCUT2D eigenvalue weighted by Gasteiger charge is -2.30. The van der Waals surface area contributed by atoms with Crippen molar-refractivity contribution in [1.82, 2.24) is 11.0 Å². The molecular formula is C20H20N4O6. The third-order valence-corrected chi connectivity index (χ3v) is 4.64. The van der Waals surface area contributed by atoms with Crippen LogP contribution in [0.1, 0.15) is 33.6 Å². The Balaban J connectivity index is 1.37. The summed E-state index contributed by atoms with van der Waals surface area (Å²) in [6, 6.07) is 12.2. The molecule has 0 bridgehead atoms. The number of hydrogen-bond acceptors (Lipinski definition) is 8. The van der Waals surface area contributed by atoms with Gasteiger partial charge in [0, 0.05) is 22.5 Å². The van der Waals surface area contributed by atoms with Crippen molar-refractivity contribution in [2.45, 2.75) is 12.8 Å². The van der Waals surface area contributed by atoms with Gasteiger partial charge < -0.3 is 21.1 Å². The zero-order valence-electron chi connectivity index (χ0n) is 15.8. The number of amides is 2. The lowest BCUT2D eigenvalue weighted by molar-refractivity contribution is -0.167. The Morgan fingerprint density at radius 2 is 1.00 bits per heavy atom. The third-order valence-electron chi connectivity index (χ3n) is 4.64. The highest BCUT2D eigenvalue weighted by atomic mass is 16.7. The Morgan fingerprint density at radius 3 is 1.33 bits per heavy atom. The first-order valence-electron chi connectivity index (χ1n) is 9.06. The van der Waals surface area contributed by atoms with Crippen molar-refractivity contribution in [1.29, 1.82) is 0 Å². The van der Waals surface area contributed by atoms with Crippen LogP contribution in [-0.4, -0.2) is 23.8 Å². The summed E-state index contributed by atoms with van der Waals surface area (Å²) in [4.78, 5) is 57.3. The molecule has 3 rings (SSSR count). The SMILES string of the molecule is Nc1ccc(C(=O)NOC(=O)C2CC(C(=O)ONC(=O)c3ccc(N)cc3)C2)cc1. The Morgan fingerprint density at radius 1 is 0.667 bits per heavy atom. The third kappa shape index (κ3) is 5.04. The number of nitrogens with one attached hydrogen (secondary N) is 2. The number of carbonyl (C=O) groups is 4. The molecule has 0 unspecified atom stereocenters. The molecule has 2 aromatic rings. The van der Waals surface area contributed by atoms with Crippen LogP contribution in [0.2, 0.25) is 0 Å². The highest BCUT2D eigenvalue weighted by Crippen LogP contribution is 2.35. The van der Waals surface area contributed by atoms with Gasteiger partial charge in [-0.25, -0.2) is 9.59 Å². The fourth-order valence-electron chi connectivity index (χ4n) is 2.75. The molecular weight excluding hydrogens is 392 g/mol. The Kier molecular flexibility index (Phi) is 6.16. The summed E-state index contributed by atoms with van der Waals surface area (Å²) in [6.45, 7) is 0. The van der Waals surface area contributed by atoms with Crippen LogP contribution >= 0.6 is 0 Å². The van der Waals surface area contributed by atoms with E-state index in [0.717, 1.165) is 0 Å². The van der Waals surface area contributed by atoms with E-state index in [1.54, 1.807) is 24.3 Å². The van der Waals surface area contributed by atoms with Crippen LogP contribution in [0.4, 0.5) is 11.4 Å². The molecule has 30 heavy (non-hydrogen) atoms. The number of rotatable bonds is 4. The number of nitrogen functional groups attached to an aromatic ring is 2. The van der Waals surface area contributed by atoms with Crippen LogP contribution in [-0.2, 0) is 19.3 Å². The monoisotopic (exact) mass is 412 g/mol. The van der Waals surface area contributed by atoms with Crippen LogP contribution in [0.5, 0.6) is 0 Å². The summed E-state index contributed by atoms with van der Waals surface area (Å²) in [6.07, 6.45) is 0.375. The van der Waals surface area contributed by atoms with Gasteiger partial charge in [-0.3, -0.25) is 9.59 Å². The fraction of sp³-hybridized carbons (Fsp3) is 0.200. The average molecular weight is 412 g/mol. The summed E-state index contributed by atoms with van der Waals surface area (Å²) < 4.78 is 0. The number of nitrogens with two attached hydrogens (primary N) is 2. The molecule has 1 aliphatic carbocycles. The summed E-state index contributed by atoms with van der Waals surface area (Å²) in [5.41, 5.74) is 16.8. The number of carbonyl (C=O) groups excluding carboxylic acids is 4. The van der Waals surface area contributed by atoms with Gasteiger partial charge in [0.2, 0.25) is 0 Å². The molecule has 1 aliphatic rings. The first-order chi connectivity index (χ1) is 14.3. The van der Waals surface area contributed by atoms with Crippen LogP contribution < -0.4 is 22.4 Å². The molecule has 0 aromatic heterocycles. The minimum atomic E-state index is -0.659. The van der Waals surface area contributed by atoms with E-state index in [9.17, 15) is 19.2 Å². The van der Waals surface area contributed by atoms with Gasteiger partial charge in [-0.1, -0.05) is 0 Å². The van der Waals surface area contributed by atoms with E-state index in [1.807, 2.05) is 0 Å². The maximum Gasteiger partial charge on any atom is 0.335 e. The lowest BCUT2D eigenvalue weighted by atomic mass is 9.75. The van der Waals surface area contributed by atoms with Crippen LogP contribution in [0.15, 0.2) is 48.5 Å². The molecule has 1 saturated carbocycles. The number of hydrogen-bond donors (Lipinski definition) is 4. The summed E-state index contributed by atoms with van der Waals surface area (Å²) >= 11 is 0. The number of benzene rings is 2. The van der Waals surface area contributed by atoms with Crippen LogP contribution in [0.25, 0.3) is 0 Å². The van der Waals surface area contributed by atoms with Gasteiger partial charge in [0.1, 0.15) is 0 Å². The van der Waals surface area contributed by atoms with E-state index in [0.29, 0.717) is 11.4 Å². The van der Waals surface area contributed by atoms with Gasteiger partial charge in [-0.15, -0.1) is 0 Å². The molecule has 0 radical (unpaired) electrons. The predicted molar refractivity (Wildman–Crippen MR) is 105 cm³/mol. The first-order valence-corrected chi connectivity index (χ1v) is 9.06. The first kappa shape index (κ1) is 20.6. The average Bonchev–Trinajstić information content (AvgIpc) is 2.70. The van der Waals surface area contributed by atoms with Crippen molar-refractivity contribution in [2.24, 2.45) is 11.8 Å². The summed E-state index contributed by atoms with van der Waals surface area (Å²) in [5.74, 6) is -3.61. The highest BCUT2D eigenvalue weighted by molar-refractivity contribution is 5.95. The molecule has 1 fully saturated rings. The smallest absolute Gasteiger partial charge is 0.335 e. The van der Waals surface area contributed by atoms with Gasteiger partial charge in [0.05, 0.1) is 11.8 Å². The van der Waals surface area contributed by atoms with Crippen LogP contribution in [0.3, 0.4) is 0 Å². The molecule has 0 atom stereocenters. The molecule has 0 aliphatic heterocycles. The van der Waals surface area contributed by atoms with E-state index in [4.69, 9.17) is 21.1 Å². The highest BCUT2D eigenvalue weighted by Gasteiger charge is 2.41. The molecule has 10 nitrogen and oxygen atoms in total. The minimum absolute atomic E-state index is 0.188. The second-order valence-electron chi connectivity index (χ2n) is 6.81. The maximum atomic E-state index is 12.0. The van der Waals surface area contributed by atoms with Crippen molar-refractivity contribution in [3.8, 4) is 0 Å². The van der Waals surface area contributed by atoms with Gasteiger partial charge in [0.15, 0.2) is 0 Å². The fourth-order valence-corrected chi connectivity index (χ4v) is 2.75. The van der Waals surface area contributed by atoms with E-state index in [2.05, 4.69) is 11.0 Å². The Labute approximate surface area is 171 Å². The van der Waals surface area contributed by atoms with Crippen molar-refractivity contribution >= 4 is 35.1 Å². The summed E-state index contributed by atoms with van der Waals surface area (Å²) in [5, 5.41) is 0. The second kappa shape index (κ2) is 8.95. The van der Waals surface area contributed by atoms with E-state index >= 15 is 0 Å². The number of anilines is 2. The molecule has 6 N–H and O–H groups in total. The van der Waals surface area contributed by atoms with Crippen LogP contribution in [0, 0.1) is 11.8 Å². The predicted octanol–water partition coefficient (Wildman–Crippen LogP) is 0.953. The van der Waals surface area contributed by atoms with Crippen molar-refractivity contribution in [3.63, 3.8) is 0 Å². The van der Waals surface area contributed by atoms with E-state index < -0.39 is 35.6 Å². The largest absolute Gasteiger partial charge is 0.399 e. The molecule has 156 valence electrons. The number of hydroxylamine groups is 2. The van der Waals surface area contributed by atoms with Gasteiger partial charge in [0.25, 0.3) is 11.8 Å². The summed E-state index contributed by atoms with van der Waals surface area (Å²) in [7, 11) is 0. The molecule has 0 spiro atoms. The molecule has 10 heteroatoms. The zero-order chi connectivity index (χ0) is 21.7.